The summed E-state index contributed by atoms with van der Waals surface area (Å²) in [7, 11) is -3.58. The Bertz CT molecular complexity index is 1090. The van der Waals surface area contributed by atoms with Crippen LogP contribution < -0.4 is 5.73 Å². The second-order valence-electron chi connectivity index (χ2n) is 8.44. The predicted octanol–water partition coefficient (Wildman–Crippen LogP) is 2.16. The zero-order valence-electron chi connectivity index (χ0n) is 17.5. The number of amides is 2. The molecule has 0 saturated carbocycles. The summed E-state index contributed by atoms with van der Waals surface area (Å²) in [5, 5.41) is 0. The van der Waals surface area contributed by atoms with Crippen LogP contribution in [-0.4, -0.2) is 48.6 Å². The van der Waals surface area contributed by atoms with E-state index in [0.29, 0.717) is 31.0 Å². The Hall–Kier alpha value is -2.71. The fourth-order valence-electron chi connectivity index (χ4n) is 4.30. The van der Waals surface area contributed by atoms with Crippen molar-refractivity contribution >= 4 is 21.8 Å². The molecule has 0 unspecified atom stereocenters. The molecule has 1 atom stereocenters. The van der Waals surface area contributed by atoms with Crippen molar-refractivity contribution in [3.05, 3.63) is 65.2 Å². The van der Waals surface area contributed by atoms with E-state index in [1.807, 2.05) is 24.3 Å². The molecule has 2 amide bonds. The lowest BCUT2D eigenvalue weighted by molar-refractivity contribution is -0.122. The van der Waals surface area contributed by atoms with Gasteiger partial charge in [0.05, 0.1) is 4.90 Å². The minimum absolute atomic E-state index is 0.175. The molecule has 0 aliphatic carbocycles. The van der Waals surface area contributed by atoms with Gasteiger partial charge in [-0.3, -0.25) is 9.59 Å². The lowest BCUT2D eigenvalue weighted by Crippen LogP contribution is -2.51. The number of sulfonamides is 1. The molecule has 2 aliphatic heterocycles. The van der Waals surface area contributed by atoms with Crippen molar-refractivity contribution in [2.45, 2.75) is 43.7 Å². The Morgan fingerprint density at radius 2 is 1.58 bits per heavy atom. The summed E-state index contributed by atoms with van der Waals surface area (Å²) in [6, 6.07) is 12.9. The molecule has 164 valence electrons. The van der Waals surface area contributed by atoms with E-state index in [4.69, 9.17) is 5.73 Å². The quantitative estimate of drug-likeness (QED) is 0.786. The summed E-state index contributed by atoms with van der Waals surface area (Å²) in [5.41, 5.74) is 7.90. The van der Waals surface area contributed by atoms with Crippen LogP contribution in [0.2, 0.25) is 0 Å². The minimum atomic E-state index is -3.58. The van der Waals surface area contributed by atoms with Crippen LogP contribution in [-0.2, 0) is 27.8 Å². The molecule has 8 heteroatoms. The molecule has 2 aliphatic rings. The van der Waals surface area contributed by atoms with Crippen molar-refractivity contribution in [1.82, 2.24) is 9.21 Å². The summed E-state index contributed by atoms with van der Waals surface area (Å²) in [6.45, 7) is 3.44. The summed E-state index contributed by atoms with van der Waals surface area (Å²) < 4.78 is 27.4. The largest absolute Gasteiger partial charge is 0.368 e. The minimum Gasteiger partial charge on any atom is -0.368 e. The molecule has 0 spiro atoms. The van der Waals surface area contributed by atoms with E-state index in [2.05, 4.69) is 6.92 Å². The number of primary amides is 1. The van der Waals surface area contributed by atoms with Gasteiger partial charge in [0, 0.05) is 31.6 Å². The van der Waals surface area contributed by atoms with Crippen molar-refractivity contribution < 1.29 is 18.0 Å². The second kappa shape index (κ2) is 8.43. The average molecular weight is 442 g/mol. The van der Waals surface area contributed by atoms with Gasteiger partial charge in [-0.15, -0.1) is 0 Å². The van der Waals surface area contributed by atoms with Crippen LogP contribution in [0.3, 0.4) is 0 Å². The van der Waals surface area contributed by atoms with Gasteiger partial charge in [0.2, 0.25) is 15.9 Å². The zero-order valence-corrected chi connectivity index (χ0v) is 18.3. The van der Waals surface area contributed by atoms with Gasteiger partial charge in [-0.2, -0.15) is 4.31 Å². The number of benzene rings is 2. The first kappa shape index (κ1) is 21.5. The molecular formula is C23H27N3O4S. The molecule has 2 aromatic carbocycles. The standard InChI is InChI=1S/C23H27N3O4S/c1-16-10-12-25(13-11-16)31(29,30)20-8-6-17(7-9-20)23(28)26-15-19-5-3-2-4-18(19)14-21(26)22(24)27/h2-9,16,21H,10-15H2,1H3,(H2,24,27)/t21-/m0/s1. The number of nitrogens with two attached hydrogens (primary N) is 1. The predicted molar refractivity (Wildman–Crippen MR) is 117 cm³/mol. The Kier molecular flexibility index (Phi) is 5.85. The van der Waals surface area contributed by atoms with Gasteiger partial charge in [0.1, 0.15) is 6.04 Å². The Morgan fingerprint density at radius 1 is 0.968 bits per heavy atom. The third-order valence-electron chi connectivity index (χ3n) is 6.32. The maximum absolute atomic E-state index is 13.2. The van der Waals surface area contributed by atoms with E-state index in [1.54, 1.807) is 0 Å². The van der Waals surface area contributed by atoms with Gasteiger partial charge in [0.15, 0.2) is 0 Å². The van der Waals surface area contributed by atoms with Crippen molar-refractivity contribution in [1.29, 1.82) is 0 Å². The van der Waals surface area contributed by atoms with Gasteiger partial charge in [-0.05, 0) is 54.2 Å². The zero-order chi connectivity index (χ0) is 22.2. The van der Waals surface area contributed by atoms with Crippen molar-refractivity contribution in [3.8, 4) is 0 Å². The van der Waals surface area contributed by atoms with Crippen LogP contribution in [0.15, 0.2) is 53.4 Å². The fraction of sp³-hybridized carbons (Fsp3) is 0.391. The molecule has 2 aromatic rings. The monoisotopic (exact) mass is 441 g/mol. The molecule has 31 heavy (non-hydrogen) atoms. The second-order valence-corrected chi connectivity index (χ2v) is 10.4. The number of hydrogen-bond donors (Lipinski definition) is 1. The lowest BCUT2D eigenvalue weighted by atomic mass is 9.93. The van der Waals surface area contributed by atoms with Crippen molar-refractivity contribution in [3.63, 3.8) is 0 Å². The normalized spacial score (nSPS) is 20.3. The maximum atomic E-state index is 13.2. The molecule has 0 radical (unpaired) electrons. The molecule has 0 bridgehead atoms. The van der Waals surface area contributed by atoms with E-state index in [9.17, 15) is 18.0 Å². The summed E-state index contributed by atoms with van der Waals surface area (Å²) >= 11 is 0. The van der Waals surface area contributed by atoms with Gasteiger partial charge >= 0.3 is 0 Å². The fourth-order valence-corrected chi connectivity index (χ4v) is 5.77. The highest BCUT2D eigenvalue weighted by molar-refractivity contribution is 7.89. The van der Waals surface area contributed by atoms with Crippen molar-refractivity contribution in [2.24, 2.45) is 11.7 Å². The number of piperidine rings is 1. The van der Waals surface area contributed by atoms with E-state index >= 15 is 0 Å². The Balaban J connectivity index is 1.56. The molecule has 1 fully saturated rings. The Morgan fingerprint density at radius 3 is 2.19 bits per heavy atom. The highest BCUT2D eigenvalue weighted by Gasteiger charge is 2.34. The van der Waals surface area contributed by atoms with Crippen LogP contribution in [0.25, 0.3) is 0 Å². The molecule has 2 heterocycles. The molecule has 1 saturated heterocycles. The number of hydrogen-bond acceptors (Lipinski definition) is 4. The van der Waals surface area contributed by atoms with E-state index in [1.165, 1.54) is 33.5 Å². The number of fused-ring (bicyclic) bond motifs is 1. The first-order chi connectivity index (χ1) is 14.8. The Labute approximate surface area is 182 Å². The summed E-state index contributed by atoms with van der Waals surface area (Å²) in [4.78, 5) is 26.9. The average Bonchev–Trinajstić information content (AvgIpc) is 2.78. The molecule has 2 N–H and O–H groups in total. The number of carbonyl (C=O) groups is 2. The lowest BCUT2D eigenvalue weighted by Gasteiger charge is -2.35. The van der Waals surface area contributed by atoms with E-state index in [0.717, 1.165) is 24.0 Å². The van der Waals surface area contributed by atoms with E-state index in [-0.39, 0.29) is 17.3 Å². The van der Waals surface area contributed by atoms with Crippen LogP contribution in [0.1, 0.15) is 41.3 Å². The van der Waals surface area contributed by atoms with Crippen LogP contribution in [0.4, 0.5) is 0 Å². The third kappa shape index (κ3) is 4.22. The maximum Gasteiger partial charge on any atom is 0.254 e. The van der Waals surface area contributed by atoms with Crippen LogP contribution >= 0.6 is 0 Å². The molecule has 7 nitrogen and oxygen atoms in total. The number of carbonyl (C=O) groups excluding carboxylic acids is 2. The summed E-state index contributed by atoms with van der Waals surface area (Å²) in [6.07, 6.45) is 2.07. The molecule has 4 rings (SSSR count). The first-order valence-corrected chi connectivity index (χ1v) is 12.0. The van der Waals surface area contributed by atoms with Crippen LogP contribution in [0, 0.1) is 5.92 Å². The van der Waals surface area contributed by atoms with Crippen LogP contribution in [0.5, 0.6) is 0 Å². The van der Waals surface area contributed by atoms with Gasteiger partial charge in [0.25, 0.3) is 5.91 Å². The molecule has 0 aromatic heterocycles. The van der Waals surface area contributed by atoms with Gasteiger partial charge < -0.3 is 10.6 Å². The highest BCUT2D eigenvalue weighted by Crippen LogP contribution is 2.27. The molecular weight excluding hydrogens is 414 g/mol. The first-order valence-electron chi connectivity index (χ1n) is 10.5. The number of rotatable bonds is 4. The van der Waals surface area contributed by atoms with Gasteiger partial charge in [-0.25, -0.2) is 8.42 Å². The highest BCUT2D eigenvalue weighted by atomic mass is 32.2. The smallest absolute Gasteiger partial charge is 0.254 e. The van der Waals surface area contributed by atoms with E-state index < -0.39 is 22.0 Å². The SMILES string of the molecule is CC1CCN(S(=O)(=O)c2ccc(C(=O)N3Cc4ccccc4C[C@H]3C(N)=O)cc2)CC1. The van der Waals surface area contributed by atoms with Crippen molar-refractivity contribution in [2.75, 3.05) is 13.1 Å². The topological polar surface area (TPSA) is 101 Å². The van der Waals surface area contributed by atoms with Gasteiger partial charge in [-0.1, -0.05) is 31.2 Å². The number of nitrogens with zero attached hydrogens (tertiary/aromatic N) is 2. The summed E-state index contributed by atoms with van der Waals surface area (Å²) in [5.74, 6) is -0.366. The third-order valence-corrected chi connectivity index (χ3v) is 8.23.